The highest BCUT2D eigenvalue weighted by Gasteiger charge is 2.18. The van der Waals surface area contributed by atoms with E-state index in [2.05, 4.69) is 0 Å². The average molecular weight is 489 g/mol. The van der Waals surface area contributed by atoms with Crippen LogP contribution < -0.4 is 14.2 Å². The van der Waals surface area contributed by atoms with Crippen molar-refractivity contribution >= 4 is 46.8 Å². The van der Waals surface area contributed by atoms with Gasteiger partial charge in [0.25, 0.3) is 0 Å². The minimum atomic E-state index is -0.140. The molecule has 0 saturated heterocycles. The van der Waals surface area contributed by atoms with E-state index in [1.807, 2.05) is 24.3 Å². The fourth-order valence-electron chi connectivity index (χ4n) is 2.99. The molecule has 4 nitrogen and oxygen atoms in total. The van der Waals surface area contributed by atoms with Crippen LogP contribution in [0.1, 0.15) is 21.5 Å². The largest absolute Gasteiger partial charge is 0.496 e. The molecule has 0 aliphatic carbocycles. The Bertz CT molecular complexity index is 1100. The molecule has 3 rings (SSSR count). The van der Waals surface area contributed by atoms with Gasteiger partial charge in [-0.05, 0) is 42.0 Å². The first kappa shape index (κ1) is 24.1. The van der Waals surface area contributed by atoms with Crippen LogP contribution in [0.15, 0.2) is 65.6 Å². The number of Topliss-reactive ketones (excluding diaryl/α,β-unsaturated/α-hetero) is 1. The van der Waals surface area contributed by atoms with E-state index >= 15 is 0 Å². The SMILES string of the molecule is COc1cc(OC)c(/C=C(\SCc2ccccc2Cl)C(=O)c2ccc(Cl)cc2)c(OC)c1. The van der Waals surface area contributed by atoms with Gasteiger partial charge >= 0.3 is 0 Å². The number of hydrogen-bond donors (Lipinski definition) is 0. The van der Waals surface area contributed by atoms with E-state index in [9.17, 15) is 4.79 Å². The molecule has 0 bridgehead atoms. The molecule has 7 heteroatoms. The number of rotatable bonds is 9. The summed E-state index contributed by atoms with van der Waals surface area (Å²) in [5.41, 5.74) is 2.10. The van der Waals surface area contributed by atoms with Gasteiger partial charge in [-0.1, -0.05) is 41.4 Å². The molecule has 0 atom stereocenters. The topological polar surface area (TPSA) is 44.8 Å². The number of methoxy groups -OCH3 is 3. The van der Waals surface area contributed by atoms with Crippen molar-refractivity contribution < 1.29 is 19.0 Å². The number of carbonyl (C=O) groups is 1. The summed E-state index contributed by atoms with van der Waals surface area (Å²) in [4.78, 5) is 13.9. The Morgan fingerprint density at radius 1 is 0.906 bits per heavy atom. The Kier molecular flexibility index (Phi) is 8.51. The van der Waals surface area contributed by atoms with E-state index in [4.69, 9.17) is 37.4 Å². The van der Waals surface area contributed by atoms with Crippen molar-refractivity contribution in [1.29, 1.82) is 0 Å². The highest BCUT2D eigenvalue weighted by Crippen LogP contribution is 2.38. The van der Waals surface area contributed by atoms with Crippen LogP contribution in [-0.4, -0.2) is 27.1 Å². The zero-order valence-corrected chi connectivity index (χ0v) is 20.2. The first-order chi connectivity index (χ1) is 15.5. The zero-order chi connectivity index (χ0) is 23.1. The third-order valence-electron chi connectivity index (χ3n) is 4.70. The summed E-state index contributed by atoms with van der Waals surface area (Å²) in [6.45, 7) is 0. The van der Waals surface area contributed by atoms with Crippen molar-refractivity contribution in [3.63, 3.8) is 0 Å². The maximum absolute atomic E-state index is 13.4. The summed E-state index contributed by atoms with van der Waals surface area (Å²) in [5, 5.41) is 1.21. The van der Waals surface area contributed by atoms with Crippen molar-refractivity contribution in [2.45, 2.75) is 5.75 Å². The Morgan fingerprint density at radius 2 is 1.53 bits per heavy atom. The van der Waals surface area contributed by atoms with E-state index in [0.717, 1.165) is 5.56 Å². The Hall–Kier alpha value is -2.60. The van der Waals surface area contributed by atoms with Gasteiger partial charge in [-0.25, -0.2) is 0 Å². The molecule has 3 aromatic rings. The number of benzene rings is 3. The highest BCUT2D eigenvalue weighted by molar-refractivity contribution is 8.03. The summed E-state index contributed by atoms with van der Waals surface area (Å²) in [6.07, 6.45) is 1.77. The lowest BCUT2D eigenvalue weighted by atomic mass is 10.1. The van der Waals surface area contributed by atoms with Gasteiger partial charge in [0.05, 0.1) is 31.8 Å². The summed E-state index contributed by atoms with van der Waals surface area (Å²) >= 11 is 13.7. The third-order valence-corrected chi connectivity index (χ3v) is 6.39. The number of ketones is 1. The predicted octanol–water partition coefficient (Wildman–Crippen LogP) is 7.18. The lowest BCUT2D eigenvalue weighted by Gasteiger charge is -2.14. The van der Waals surface area contributed by atoms with Gasteiger partial charge in [-0.2, -0.15) is 0 Å². The number of halogens is 2. The standard InChI is InChI=1S/C25H22Cl2O4S/c1-29-19-12-22(30-2)20(23(13-19)31-3)14-24(25(28)16-8-10-18(26)11-9-16)32-15-17-6-4-5-7-21(17)27/h4-14H,15H2,1-3H3/b24-14-. The van der Waals surface area contributed by atoms with E-state index in [1.54, 1.807) is 63.8 Å². The Morgan fingerprint density at radius 3 is 2.09 bits per heavy atom. The molecule has 0 amide bonds. The molecule has 0 aromatic heterocycles. The quantitative estimate of drug-likeness (QED) is 0.235. The molecule has 0 aliphatic rings. The molecule has 0 saturated carbocycles. The summed E-state index contributed by atoms with van der Waals surface area (Å²) in [7, 11) is 4.69. The fraction of sp³-hybridized carbons (Fsp3) is 0.160. The fourth-order valence-corrected chi connectivity index (χ4v) is 4.41. The van der Waals surface area contributed by atoms with Gasteiger partial charge in [0, 0.05) is 33.5 Å². The van der Waals surface area contributed by atoms with Gasteiger partial charge in [0.1, 0.15) is 17.2 Å². The van der Waals surface area contributed by atoms with Crippen molar-refractivity contribution in [2.24, 2.45) is 0 Å². The van der Waals surface area contributed by atoms with Crippen LogP contribution in [0.5, 0.6) is 17.2 Å². The highest BCUT2D eigenvalue weighted by atomic mass is 35.5. The van der Waals surface area contributed by atoms with Crippen LogP contribution >= 0.6 is 35.0 Å². The van der Waals surface area contributed by atoms with Crippen LogP contribution in [0.3, 0.4) is 0 Å². The normalized spacial score (nSPS) is 11.2. The molecule has 32 heavy (non-hydrogen) atoms. The van der Waals surface area contributed by atoms with E-state index in [1.165, 1.54) is 11.8 Å². The first-order valence-corrected chi connectivity index (χ1v) is 11.4. The lowest BCUT2D eigenvalue weighted by Crippen LogP contribution is -2.03. The number of allylic oxidation sites excluding steroid dienone is 1. The number of ether oxygens (including phenoxy) is 3. The Balaban J connectivity index is 2.07. The molecular formula is C25H22Cl2O4S. The van der Waals surface area contributed by atoms with Crippen molar-refractivity contribution in [2.75, 3.05) is 21.3 Å². The minimum absolute atomic E-state index is 0.140. The van der Waals surface area contributed by atoms with Crippen molar-refractivity contribution in [1.82, 2.24) is 0 Å². The number of carbonyl (C=O) groups excluding carboxylic acids is 1. The first-order valence-electron chi connectivity index (χ1n) is 9.65. The molecule has 0 unspecified atom stereocenters. The number of hydrogen-bond acceptors (Lipinski definition) is 5. The van der Waals surface area contributed by atoms with Crippen LogP contribution in [0.2, 0.25) is 10.0 Å². The van der Waals surface area contributed by atoms with Crippen LogP contribution in [0, 0.1) is 0 Å². The molecule has 166 valence electrons. The van der Waals surface area contributed by atoms with Crippen LogP contribution in [0.25, 0.3) is 6.08 Å². The molecule has 3 aromatic carbocycles. The van der Waals surface area contributed by atoms with E-state index in [-0.39, 0.29) is 5.78 Å². The smallest absolute Gasteiger partial charge is 0.199 e. The lowest BCUT2D eigenvalue weighted by molar-refractivity contribution is 0.104. The average Bonchev–Trinajstić information content (AvgIpc) is 2.82. The van der Waals surface area contributed by atoms with Crippen molar-refractivity contribution in [3.8, 4) is 17.2 Å². The maximum Gasteiger partial charge on any atom is 0.199 e. The molecule has 0 N–H and O–H groups in total. The Labute approximate surface area is 202 Å². The zero-order valence-electron chi connectivity index (χ0n) is 17.9. The summed E-state index contributed by atoms with van der Waals surface area (Å²) < 4.78 is 16.4. The van der Waals surface area contributed by atoms with Gasteiger partial charge in [0.15, 0.2) is 5.78 Å². The monoisotopic (exact) mass is 488 g/mol. The molecule has 0 heterocycles. The summed E-state index contributed by atoms with van der Waals surface area (Å²) in [5.74, 6) is 2.02. The van der Waals surface area contributed by atoms with Gasteiger partial charge in [-0.3, -0.25) is 4.79 Å². The summed E-state index contributed by atoms with van der Waals surface area (Å²) in [6, 6.07) is 17.9. The van der Waals surface area contributed by atoms with Gasteiger partial charge in [0.2, 0.25) is 0 Å². The molecule has 0 aliphatic heterocycles. The second-order valence-corrected chi connectivity index (χ2v) is 8.53. The molecule has 0 radical (unpaired) electrons. The van der Waals surface area contributed by atoms with Crippen LogP contribution in [-0.2, 0) is 5.75 Å². The second-order valence-electron chi connectivity index (χ2n) is 6.67. The minimum Gasteiger partial charge on any atom is -0.496 e. The van der Waals surface area contributed by atoms with Gasteiger partial charge in [-0.15, -0.1) is 11.8 Å². The maximum atomic E-state index is 13.4. The van der Waals surface area contributed by atoms with Crippen molar-refractivity contribution in [3.05, 3.63) is 92.3 Å². The second kappa shape index (κ2) is 11.3. The van der Waals surface area contributed by atoms with Crippen LogP contribution in [0.4, 0.5) is 0 Å². The van der Waals surface area contributed by atoms with Gasteiger partial charge < -0.3 is 14.2 Å². The molecular weight excluding hydrogens is 467 g/mol. The molecule has 0 spiro atoms. The van der Waals surface area contributed by atoms with E-state index in [0.29, 0.717) is 49.1 Å². The molecule has 0 fully saturated rings. The van der Waals surface area contributed by atoms with E-state index < -0.39 is 0 Å². The predicted molar refractivity (Wildman–Crippen MR) is 133 cm³/mol. The number of thioether (sulfide) groups is 1. The third kappa shape index (κ3) is 5.80.